The summed E-state index contributed by atoms with van der Waals surface area (Å²) in [5.41, 5.74) is 3.80. The van der Waals surface area contributed by atoms with E-state index in [-0.39, 0.29) is 0 Å². The molecule has 0 spiro atoms. The van der Waals surface area contributed by atoms with Gasteiger partial charge in [0.1, 0.15) is 5.82 Å². The largest absolute Gasteiger partial charge is 0.330 e. The van der Waals surface area contributed by atoms with Crippen molar-refractivity contribution < 1.29 is 0 Å². The number of nitrogens with zero attached hydrogens (tertiary/aromatic N) is 2. The number of fused-ring (bicyclic) bond motifs is 1. The zero-order chi connectivity index (χ0) is 12.7. The summed E-state index contributed by atoms with van der Waals surface area (Å²) in [5, 5.41) is 3.54. The Morgan fingerprint density at radius 3 is 2.83 bits per heavy atom. The molecule has 1 heterocycles. The summed E-state index contributed by atoms with van der Waals surface area (Å²) in [6.45, 7) is 5.36. The Morgan fingerprint density at radius 1 is 1.39 bits per heavy atom. The van der Waals surface area contributed by atoms with Gasteiger partial charge in [0, 0.05) is 13.1 Å². The summed E-state index contributed by atoms with van der Waals surface area (Å²) in [4.78, 5) is 4.76. The predicted molar refractivity (Wildman–Crippen MR) is 74.7 cm³/mol. The summed E-state index contributed by atoms with van der Waals surface area (Å²) < 4.78 is 2.25. The minimum atomic E-state index is 0.536. The van der Waals surface area contributed by atoms with Gasteiger partial charge in [-0.15, -0.1) is 0 Å². The summed E-state index contributed by atoms with van der Waals surface area (Å²) in [7, 11) is 2.13. The number of imidazole rings is 1. The highest BCUT2D eigenvalue weighted by atomic mass is 15.1. The Morgan fingerprint density at radius 2 is 2.17 bits per heavy atom. The number of hydrogen-bond acceptors (Lipinski definition) is 2. The van der Waals surface area contributed by atoms with E-state index >= 15 is 0 Å². The lowest BCUT2D eigenvalue weighted by Crippen LogP contribution is -2.18. The van der Waals surface area contributed by atoms with Crippen LogP contribution in [0.4, 0.5) is 0 Å². The van der Waals surface area contributed by atoms with E-state index in [0.29, 0.717) is 5.92 Å². The first-order valence-corrected chi connectivity index (χ1v) is 6.84. The van der Waals surface area contributed by atoms with Crippen molar-refractivity contribution in [2.45, 2.75) is 45.2 Å². The van der Waals surface area contributed by atoms with E-state index in [4.69, 9.17) is 4.98 Å². The number of aryl methyl sites for hydroxylation is 1. The standard InChI is InChI=1S/C15H21N3/c1-10(2)12-5-4-6-13-15(12)18(3)14(17-13)9-16-11-7-8-11/h4-6,10-11,16H,7-9H2,1-3H3. The van der Waals surface area contributed by atoms with E-state index < -0.39 is 0 Å². The van der Waals surface area contributed by atoms with Crippen molar-refractivity contribution >= 4 is 11.0 Å². The molecule has 1 N–H and O–H groups in total. The molecule has 0 radical (unpaired) electrons. The molecule has 1 aromatic carbocycles. The van der Waals surface area contributed by atoms with E-state index in [2.05, 4.69) is 49.0 Å². The molecule has 1 aromatic heterocycles. The minimum absolute atomic E-state index is 0.536. The molecule has 18 heavy (non-hydrogen) atoms. The quantitative estimate of drug-likeness (QED) is 0.894. The Hall–Kier alpha value is -1.35. The van der Waals surface area contributed by atoms with Crippen molar-refractivity contribution in [3.63, 3.8) is 0 Å². The number of nitrogens with one attached hydrogen (secondary N) is 1. The Bertz CT molecular complexity index is 564. The van der Waals surface area contributed by atoms with Crippen LogP contribution in [0.25, 0.3) is 11.0 Å². The van der Waals surface area contributed by atoms with Gasteiger partial charge in [-0.3, -0.25) is 0 Å². The highest BCUT2D eigenvalue weighted by Gasteiger charge is 2.21. The summed E-state index contributed by atoms with van der Waals surface area (Å²) in [5.74, 6) is 1.68. The van der Waals surface area contributed by atoms with Crippen molar-refractivity contribution in [3.05, 3.63) is 29.6 Å². The van der Waals surface area contributed by atoms with Crippen LogP contribution in [0, 0.1) is 0 Å². The van der Waals surface area contributed by atoms with Gasteiger partial charge < -0.3 is 9.88 Å². The summed E-state index contributed by atoms with van der Waals surface area (Å²) in [6, 6.07) is 7.17. The minimum Gasteiger partial charge on any atom is -0.330 e. The fourth-order valence-electron chi connectivity index (χ4n) is 2.49. The van der Waals surface area contributed by atoms with Gasteiger partial charge in [0.05, 0.1) is 17.6 Å². The molecule has 0 aliphatic heterocycles. The van der Waals surface area contributed by atoms with E-state index in [9.17, 15) is 0 Å². The Labute approximate surface area is 108 Å². The Kier molecular flexibility index (Phi) is 2.86. The topological polar surface area (TPSA) is 29.9 Å². The molecular weight excluding hydrogens is 222 g/mol. The predicted octanol–water partition coefficient (Wildman–Crippen LogP) is 2.95. The maximum absolute atomic E-state index is 4.76. The van der Waals surface area contributed by atoms with Crippen LogP contribution in [0.3, 0.4) is 0 Å². The molecule has 3 heteroatoms. The number of hydrogen-bond donors (Lipinski definition) is 1. The van der Waals surface area contributed by atoms with Crippen LogP contribution in [0.5, 0.6) is 0 Å². The average Bonchev–Trinajstić information content (AvgIpc) is 3.12. The maximum Gasteiger partial charge on any atom is 0.123 e. The first kappa shape index (κ1) is 11.7. The van der Waals surface area contributed by atoms with Gasteiger partial charge in [0.25, 0.3) is 0 Å². The second-order valence-electron chi connectivity index (χ2n) is 5.61. The van der Waals surface area contributed by atoms with Gasteiger partial charge in [0.15, 0.2) is 0 Å². The number of para-hydroxylation sites is 1. The van der Waals surface area contributed by atoms with Gasteiger partial charge >= 0.3 is 0 Å². The highest BCUT2D eigenvalue weighted by molar-refractivity contribution is 5.80. The first-order chi connectivity index (χ1) is 8.66. The molecule has 3 rings (SSSR count). The van der Waals surface area contributed by atoms with Crippen LogP contribution in [-0.2, 0) is 13.6 Å². The van der Waals surface area contributed by atoms with Crippen LogP contribution in [0.1, 0.15) is 44.0 Å². The zero-order valence-electron chi connectivity index (χ0n) is 11.4. The van der Waals surface area contributed by atoms with Crippen molar-refractivity contribution in [2.24, 2.45) is 7.05 Å². The number of aromatic nitrogens is 2. The molecule has 1 saturated carbocycles. The van der Waals surface area contributed by atoms with Gasteiger partial charge in [-0.05, 0) is 30.4 Å². The van der Waals surface area contributed by atoms with Gasteiger partial charge in [0.2, 0.25) is 0 Å². The third-order valence-electron chi connectivity index (χ3n) is 3.77. The molecule has 0 unspecified atom stereocenters. The monoisotopic (exact) mass is 243 g/mol. The van der Waals surface area contributed by atoms with Crippen LogP contribution >= 0.6 is 0 Å². The van der Waals surface area contributed by atoms with Crippen molar-refractivity contribution in [3.8, 4) is 0 Å². The fraction of sp³-hybridized carbons (Fsp3) is 0.533. The molecule has 1 aliphatic carbocycles. The van der Waals surface area contributed by atoms with Crippen LogP contribution < -0.4 is 5.32 Å². The molecule has 0 atom stereocenters. The molecule has 1 aliphatic rings. The van der Waals surface area contributed by atoms with Gasteiger partial charge in [-0.25, -0.2) is 4.98 Å². The summed E-state index contributed by atoms with van der Waals surface area (Å²) >= 11 is 0. The summed E-state index contributed by atoms with van der Waals surface area (Å²) in [6.07, 6.45) is 2.64. The SMILES string of the molecule is CC(C)c1cccc2nc(CNC3CC3)n(C)c12. The highest BCUT2D eigenvalue weighted by Crippen LogP contribution is 2.26. The average molecular weight is 243 g/mol. The third kappa shape index (κ3) is 2.03. The zero-order valence-corrected chi connectivity index (χ0v) is 11.4. The molecule has 2 aromatic rings. The van der Waals surface area contributed by atoms with Crippen LogP contribution in [0.2, 0.25) is 0 Å². The fourth-order valence-corrected chi connectivity index (χ4v) is 2.49. The lowest BCUT2D eigenvalue weighted by Gasteiger charge is -2.09. The van der Waals surface area contributed by atoms with Crippen LogP contribution in [0.15, 0.2) is 18.2 Å². The molecule has 0 amide bonds. The number of benzene rings is 1. The van der Waals surface area contributed by atoms with Gasteiger partial charge in [-0.2, -0.15) is 0 Å². The maximum atomic E-state index is 4.76. The third-order valence-corrected chi connectivity index (χ3v) is 3.77. The molecule has 0 bridgehead atoms. The molecule has 3 nitrogen and oxygen atoms in total. The molecule has 1 fully saturated rings. The second-order valence-corrected chi connectivity index (χ2v) is 5.61. The normalized spacial score (nSPS) is 15.8. The van der Waals surface area contributed by atoms with Crippen molar-refractivity contribution in [2.75, 3.05) is 0 Å². The second kappa shape index (κ2) is 4.39. The molecule has 96 valence electrons. The van der Waals surface area contributed by atoms with E-state index in [0.717, 1.165) is 23.9 Å². The number of rotatable bonds is 4. The van der Waals surface area contributed by atoms with E-state index in [1.165, 1.54) is 23.9 Å². The lowest BCUT2D eigenvalue weighted by molar-refractivity contribution is 0.639. The first-order valence-electron chi connectivity index (χ1n) is 6.84. The molecule has 0 saturated heterocycles. The van der Waals surface area contributed by atoms with E-state index in [1.807, 2.05) is 0 Å². The molecular formula is C15H21N3. The lowest BCUT2D eigenvalue weighted by atomic mass is 10.0. The van der Waals surface area contributed by atoms with Crippen molar-refractivity contribution in [1.29, 1.82) is 0 Å². The van der Waals surface area contributed by atoms with Crippen LogP contribution in [-0.4, -0.2) is 15.6 Å². The van der Waals surface area contributed by atoms with E-state index in [1.54, 1.807) is 0 Å². The Balaban J connectivity index is 2.00. The van der Waals surface area contributed by atoms with Gasteiger partial charge in [-0.1, -0.05) is 26.0 Å². The van der Waals surface area contributed by atoms with Crippen molar-refractivity contribution in [1.82, 2.24) is 14.9 Å². The smallest absolute Gasteiger partial charge is 0.123 e.